The fraction of sp³-hybridized carbons (Fsp3) is 0.333. The first kappa shape index (κ1) is 15.3. The summed E-state index contributed by atoms with van der Waals surface area (Å²) in [4.78, 5) is 0. The standard InChI is InChI=1S/C18H22BrN/c1-13(2)18(15-9-5-4-6-10-15)20-14(3)16-11-7-8-12-17(16)19/h4-14,18,20H,1-3H3/t14-,18?/m1/s1. The number of benzene rings is 2. The number of hydrogen-bond donors (Lipinski definition) is 1. The molecule has 0 aliphatic rings. The van der Waals surface area contributed by atoms with Crippen LogP contribution in [-0.4, -0.2) is 0 Å². The van der Waals surface area contributed by atoms with E-state index >= 15 is 0 Å². The maximum atomic E-state index is 3.76. The lowest BCUT2D eigenvalue weighted by atomic mass is 9.94. The van der Waals surface area contributed by atoms with Gasteiger partial charge in [-0.3, -0.25) is 0 Å². The fourth-order valence-corrected chi connectivity index (χ4v) is 3.15. The third kappa shape index (κ3) is 3.71. The molecule has 0 saturated heterocycles. The van der Waals surface area contributed by atoms with Crippen molar-refractivity contribution in [3.05, 3.63) is 70.2 Å². The number of hydrogen-bond acceptors (Lipinski definition) is 1. The van der Waals surface area contributed by atoms with Gasteiger partial charge in [-0.05, 0) is 30.0 Å². The van der Waals surface area contributed by atoms with Gasteiger partial charge in [0.05, 0.1) is 0 Å². The molecular weight excluding hydrogens is 310 g/mol. The smallest absolute Gasteiger partial charge is 0.0348 e. The van der Waals surface area contributed by atoms with Crippen LogP contribution >= 0.6 is 15.9 Å². The Kier molecular flexibility index (Phi) is 5.38. The van der Waals surface area contributed by atoms with E-state index in [0.717, 1.165) is 4.47 Å². The van der Waals surface area contributed by atoms with Crippen LogP contribution in [-0.2, 0) is 0 Å². The second-order valence-electron chi connectivity index (χ2n) is 5.54. The van der Waals surface area contributed by atoms with Crippen LogP contribution < -0.4 is 5.32 Å². The molecule has 1 N–H and O–H groups in total. The van der Waals surface area contributed by atoms with E-state index in [1.54, 1.807) is 0 Å². The SMILES string of the molecule is CC(C)C(N[C@H](C)c1ccccc1Br)c1ccccc1. The highest BCUT2D eigenvalue weighted by Gasteiger charge is 2.19. The van der Waals surface area contributed by atoms with Crippen molar-refractivity contribution < 1.29 is 0 Å². The Morgan fingerprint density at radius 2 is 1.45 bits per heavy atom. The van der Waals surface area contributed by atoms with Crippen LogP contribution in [0, 0.1) is 5.92 Å². The van der Waals surface area contributed by atoms with E-state index in [9.17, 15) is 0 Å². The second-order valence-corrected chi connectivity index (χ2v) is 6.40. The highest BCUT2D eigenvalue weighted by Crippen LogP contribution is 2.28. The zero-order valence-corrected chi connectivity index (χ0v) is 13.9. The molecule has 2 heteroatoms. The van der Waals surface area contributed by atoms with Crippen LogP contribution in [0.4, 0.5) is 0 Å². The molecule has 2 rings (SSSR count). The van der Waals surface area contributed by atoms with Crippen molar-refractivity contribution in [3.63, 3.8) is 0 Å². The van der Waals surface area contributed by atoms with Crippen LogP contribution in [0.15, 0.2) is 59.1 Å². The Morgan fingerprint density at radius 3 is 2.05 bits per heavy atom. The maximum Gasteiger partial charge on any atom is 0.0348 e. The second kappa shape index (κ2) is 7.05. The van der Waals surface area contributed by atoms with Crippen molar-refractivity contribution in [1.82, 2.24) is 5.32 Å². The summed E-state index contributed by atoms with van der Waals surface area (Å²) in [6.45, 7) is 6.74. The first-order chi connectivity index (χ1) is 9.59. The molecule has 0 fully saturated rings. The van der Waals surface area contributed by atoms with Crippen LogP contribution in [0.3, 0.4) is 0 Å². The highest BCUT2D eigenvalue weighted by molar-refractivity contribution is 9.10. The summed E-state index contributed by atoms with van der Waals surface area (Å²) >= 11 is 3.64. The normalized spacial score (nSPS) is 14.2. The van der Waals surface area contributed by atoms with E-state index in [4.69, 9.17) is 0 Å². The first-order valence-electron chi connectivity index (χ1n) is 7.15. The minimum absolute atomic E-state index is 0.304. The summed E-state index contributed by atoms with van der Waals surface area (Å²) in [5, 5.41) is 3.76. The molecule has 0 amide bonds. The quantitative estimate of drug-likeness (QED) is 0.763. The minimum atomic E-state index is 0.304. The van der Waals surface area contributed by atoms with Crippen LogP contribution in [0.1, 0.15) is 44.0 Å². The lowest BCUT2D eigenvalue weighted by molar-refractivity contribution is 0.374. The average Bonchev–Trinajstić information content (AvgIpc) is 2.45. The molecule has 0 aliphatic heterocycles. The van der Waals surface area contributed by atoms with Gasteiger partial charge in [0.25, 0.3) is 0 Å². The Morgan fingerprint density at radius 1 is 0.850 bits per heavy atom. The van der Waals surface area contributed by atoms with Crippen molar-refractivity contribution in [2.45, 2.75) is 32.9 Å². The fourth-order valence-electron chi connectivity index (χ4n) is 2.52. The molecule has 0 saturated carbocycles. The first-order valence-corrected chi connectivity index (χ1v) is 7.94. The lowest BCUT2D eigenvalue weighted by Gasteiger charge is -2.27. The van der Waals surface area contributed by atoms with Gasteiger partial charge in [0.1, 0.15) is 0 Å². The largest absolute Gasteiger partial charge is 0.303 e. The van der Waals surface area contributed by atoms with Crippen molar-refractivity contribution in [3.8, 4) is 0 Å². The monoisotopic (exact) mass is 331 g/mol. The van der Waals surface area contributed by atoms with Crippen molar-refractivity contribution in [2.24, 2.45) is 5.92 Å². The average molecular weight is 332 g/mol. The zero-order chi connectivity index (χ0) is 14.5. The summed E-state index contributed by atoms with van der Waals surface area (Å²) < 4.78 is 1.16. The molecule has 1 unspecified atom stereocenters. The van der Waals surface area contributed by atoms with E-state index in [2.05, 4.69) is 96.6 Å². The van der Waals surface area contributed by atoms with Crippen LogP contribution in [0.2, 0.25) is 0 Å². The lowest BCUT2D eigenvalue weighted by Crippen LogP contribution is -2.28. The van der Waals surface area contributed by atoms with Gasteiger partial charge in [0.2, 0.25) is 0 Å². The Hall–Kier alpha value is -1.12. The van der Waals surface area contributed by atoms with Gasteiger partial charge in [-0.1, -0.05) is 78.3 Å². The molecule has 106 valence electrons. The number of halogens is 1. The van der Waals surface area contributed by atoms with E-state index in [-0.39, 0.29) is 0 Å². The van der Waals surface area contributed by atoms with E-state index < -0.39 is 0 Å². The van der Waals surface area contributed by atoms with Gasteiger partial charge in [-0.2, -0.15) is 0 Å². The number of rotatable bonds is 5. The molecule has 0 spiro atoms. The number of nitrogens with one attached hydrogen (secondary N) is 1. The topological polar surface area (TPSA) is 12.0 Å². The highest BCUT2D eigenvalue weighted by atomic mass is 79.9. The van der Waals surface area contributed by atoms with Crippen molar-refractivity contribution in [1.29, 1.82) is 0 Å². The summed E-state index contributed by atoms with van der Waals surface area (Å²) in [6.07, 6.45) is 0. The summed E-state index contributed by atoms with van der Waals surface area (Å²) in [7, 11) is 0. The zero-order valence-electron chi connectivity index (χ0n) is 12.3. The third-order valence-electron chi connectivity index (χ3n) is 3.63. The van der Waals surface area contributed by atoms with E-state index in [1.165, 1.54) is 11.1 Å². The van der Waals surface area contributed by atoms with Crippen molar-refractivity contribution >= 4 is 15.9 Å². The molecule has 0 aliphatic carbocycles. The maximum absolute atomic E-state index is 3.76. The van der Waals surface area contributed by atoms with E-state index in [0.29, 0.717) is 18.0 Å². The Balaban J connectivity index is 2.19. The van der Waals surface area contributed by atoms with Gasteiger partial charge in [-0.15, -0.1) is 0 Å². The molecule has 0 radical (unpaired) electrons. The van der Waals surface area contributed by atoms with Gasteiger partial charge in [0, 0.05) is 16.6 Å². The Labute approximate surface area is 130 Å². The molecule has 0 bridgehead atoms. The molecule has 20 heavy (non-hydrogen) atoms. The van der Waals surface area contributed by atoms with Gasteiger partial charge < -0.3 is 5.32 Å². The van der Waals surface area contributed by atoms with Crippen molar-refractivity contribution in [2.75, 3.05) is 0 Å². The minimum Gasteiger partial charge on any atom is -0.303 e. The predicted molar refractivity (Wildman–Crippen MR) is 89.7 cm³/mol. The van der Waals surface area contributed by atoms with E-state index in [1.807, 2.05) is 0 Å². The van der Waals surface area contributed by atoms with Gasteiger partial charge >= 0.3 is 0 Å². The molecular formula is C18H22BrN. The summed E-state index contributed by atoms with van der Waals surface area (Å²) in [5.74, 6) is 0.544. The van der Waals surface area contributed by atoms with Crippen LogP contribution in [0.25, 0.3) is 0 Å². The third-order valence-corrected chi connectivity index (χ3v) is 4.35. The molecule has 2 atom stereocenters. The summed E-state index contributed by atoms with van der Waals surface area (Å²) in [6, 6.07) is 19.8. The predicted octanol–water partition coefficient (Wildman–Crippen LogP) is 5.50. The molecule has 2 aromatic carbocycles. The molecule has 0 aromatic heterocycles. The van der Waals surface area contributed by atoms with Gasteiger partial charge in [-0.25, -0.2) is 0 Å². The Bertz CT molecular complexity index is 536. The molecule has 2 aromatic rings. The van der Waals surface area contributed by atoms with Crippen LogP contribution in [0.5, 0.6) is 0 Å². The van der Waals surface area contributed by atoms with Gasteiger partial charge in [0.15, 0.2) is 0 Å². The summed E-state index contributed by atoms with van der Waals surface area (Å²) in [5.41, 5.74) is 2.65. The molecule has 0 heterocycles. The molecule has 1 nitrogen and oxygen atoms in total.